The molecule has 0 unspecified atom stereocenters. The summed E-state index contributed by atoms with van der Waals surface area (Å²) >= 11 is 1.54. The lowest BCUT2D eigenvalue weighted by molar-refractivity contribution is 0.161. The second-order valence-corrected chi connectivity index (χ2v) is 30.5. The molecule has 0 amide bonds. The fraction of sp³-hybridized carbons (Fsp3) is 0.233. The van der Waals surface area contributed by atoms with Crippen molar-refractivity contribution in [2.75, 3.05) is 86.8 Å². The van der Waals surface area contributed by atoms with Gasteiger partial charge in [0.15, 0.2) is 11.5 Å². The van der Waals surface area contributed by atoms with Crippen molar-refractivity contribution in [2.24, 2.45) is 0 Å². The molecule has 0 saturated carbocycles. The van der Waals surface area contributed by atoms with E-state index in [2.05, 4.69) is 76.2 Å². The van der Waals surface area contributed by atoms with Crippen LogP contribution in [0.5, 0.6) is 11.5 Å². The van der Waals surface area contributed by atoms with Crippen molar-refractivity contribution >= 4 is 96.4 Å². The fourth-order valence-corrected chi connectivity index (χ4v) is 17.5. The van der Waals surface area contributed by atoms with Crippen LogP contribution in [0.15, 0.2) is 219 Å². The molecule has 0 aliphatic carbocycles. The molecule has 0 saturated heterocycles. The van der Waals surface area contributed by atoms with Crippen LogP contribution in [-0.4, -0.2) is 149 Å². The Labute approximate surface area is 556 Å². The fourth-order valence-electron chi connectivity index (χ4n) is 12.7. The molecule has 6 aromatic carbocycles. The summed E-state index contributed by atoms with van der Waals surface area (Å²) in [5, 5.41) is 5.58. The molecule has 0 bridgehead atoms. The largest absolute Gasteiger partial charge is 0.486 e. The van der Waals surface area contributed by atoms with Gasteiger partial charge in [-0.2, -0.15) is 0 Å². The number of nitrogens with zero attached hydrogens (tertiary/aromatic N) is 8. The second kappa shape index (κ2) is 26.7. The van der Waals surface area contributed by atoms with Gasteiger partial charge in [-0.1, -0.05) is 78.9 Å². The molecule has 5 aliphatic rings. The predicted molar refractivity (Wildman–Crippen MR) is 374 cm³/mol. The van der Waals surface area contributed by atoms with Crippen molar-refractivity contribution < 1.29 is 43.9 Å². The number of ether oxygens (including phenoxy) is 3. The summed E-state index contributed by atoms with van der Waals surface area (Å²) in [5.41, 5.74) is 12.5. The van der Waals surface area contributed by atoms with Gasteiger partial charge in [0.2, 0.25) is 5.89 Å². The molecule has 0 atom stereocenters. The number of benzene rings is 6. The zero-order valence-corrected chi connectivity index (χ0v) is 56.0. The monoisotopic (exact) mass is 1350 g/mol. The van der Waals surface area contributed by atoms with Crippen molar-refractivity contribution in [2.45, 2.75) is 40.4 Å². The first-order chi connectivity index (χ1) is 46.1. The Morgan fingerprint density at radius 3 is 1.48 bits per heavy atom. The number of thiazole rings is 1. The molecule has 10 heterocycles. The minimum absolute atomic E-state index is 0.148. The van der Waals surface area contributed by atoms with E-state index in [4.69, 9.17) is 18.6 Å². The Hall–Kier alpha value is -8.97. The molecule has 0 spiro atoms. The average Bonchev–Trinajstić information content (AvgIpc) is 1.64. The SMILES string of the molecule is CN1CC=C(c2cn(S(=O)(=O)c3ccc4c(c3)OCCO4)c3ccc(-c4ncco4)cc23)CC1.CN1CC=C(c2cn(S(=O)(=O)c3ccccc3)c3cc(-c4nccs4)ccc23)CC1.CN1CC=C(c2cn(S(=O)(=O)c3ccccc3)c3ccc(C4=CCOCC4)cc23)CC1. The molecular formula is C73H70N8O10S4. The lowest BCUT2D eigenvalue weighted by Gasteiger charge is -2.21. The van der Waals surface area contributed by atoms with Crippen LogP contribution >= 0.6 is 11.3 Å². The summed E-state index contributed by atoms with van der Waals surface area (Å²) in [5.74, 6) is 1.48. The van der Waals surface area contributed by atoms with Gasteiger partial charge >= 0.3 is 0 Å². The van der Waals surface area contributed by atoms with E-state index in [-0.39, 0.29) is 9.79 Å². The van der Waals surface area contributed by atoms with E-state index in [0.29, 0.717) is 53.1 Å². The molecule has 11 aromatic rings. The topological polar surface area (TPSA) is 194 Å². The van der Waals surface area contributed by atoms with E-state index in [1.807, 2.05) is 72.2 Å². The number of hydrogen-bond donors (Lipinski definition) is 0. The van der Waals surface area contributed by atoms with Crippen LogP contribution in [0.3, 0.4) is 0 Å². The van der Waals surface area contributed by atoms with Gasteiger partial charge in [0.1, 0.15) is 24.5 Å². The number of oxazole rings is 1. The molecule has 0 N–H and O–H groups in total. The molecule has 22 heteroatoms. The first-order valence-corrected chi connectivity index (χ1v) is 36.7. The van der Waals surface area contributed by atoms with Gasteiger partial charge in [-0.15, -0.1) is 11.3 Å². The Morgan fingerprint density at radius 1 is 0.442 bits per heavy atom. The summed E-state index contributed by atoms with van der Waals surface area (Å²) in [4.78, 5) is 16.1. The third-order valence-corrected chi connectivity index (χ3v) is 23.8. The van der Waals surface area contributed by atoms with Crippen molar-refractivity contribution in [3.63, 3.8) is 0 Å². The van der Waals surface area contributed by atoms with Gasteiger partial charge in [-0.05, 0) is 147 Å². The maximum atomic E-state index is 13.8. The van der Waals surface area contributed by atoms with Crippen LogP contribution in [0.4, 0.5) is 0 Å². The quantitative estimate of drug-likeness (QED) is 0.112. The number of rotatable bonds is 12. The van der Waals surface area contributed by atoms with E-state index in [9.17, 15) is 25.3 Å². The molecule has 5 aromatic heterocycles. The van der Waals surface area contributed by atoms with Crippen LogP contribution in [0.25, 0.3) is 77.0 Å². The summed E-state index contributed by atoms with van der Waals surface area (Å²) in [6.45, 7) is 7.57. The number of likely N-dealkylation sites (N-methyl/N-ethyl adjacent to an activating group) is 3. The Balaban J connectivity index is 0.000000123. The minimum Gasteiger partial charge on any atom is -0.486 e. The van der Waals surface area contributed by atoms with E-state index >= 15 is 0 Å². The van der Waals surface area contributed by atoms with E-state index in [1.165, 1.54) is 41.0 Å². The van der Waals surface area contributed by atoms with Crippen molar-refractivity contribution in [1.29, 1.82) is 0 Å². The smallest absolute Gasteiger partial charge is 0.268 e. The lowest BCUT2D eigenvalue weighted by Crippen LogP contribution is -2.23. The van der Waals surface area contributed by atoms with Gasteiger partial charge in [0.05, 0.1) is 50.6 Å². The normalized spacial score (nSPS) is 16.7. The second-order valence-electron chi connectivity index (χ2n) is 24.1. The molecule has 0 radical (unpaired) electrons. The summed E-state index contributed by atoms with van der Waals surface area (Å²) < 4.78 is 108. The number of aromatic nitrogens is 5. The molecule has 0 fully saturated rings. The van der Waals surface area contributed by atoms with Crippen molar-refractivity contribution in [3.8, 4) is 33.5 Å². The Morgan fingerprint density at radius 2 is 0.968 bits per heavy atom. The van der Waals surface area contributed by atoms with Gasteiger partial charge in [0, 0.05) is 119 Å². The highest BCUT2D eigenvalue weighted by Crippen LogP contribution is 2.41. The predicted octanol–water partition coefficient (Wildman–Crippen LogP) is 13.1. The number of hydrogen-bond acceptors (Lipinski definition) is 16. The standard InChI is InChI=1S/C25H23N3O5S.C25H26N2O3S.C23H21N3O2S2/c1-27-9-6-17(7-10-27)21-16-28(22-4-2-18(14-20(21)22)25-26-8-11-33-25)34(29,30)19-3-5-23-24(15-19)32-13-12-31-23;1-26-13-9-20(10-14-26)24-18-27(31(28,29)22-5-3-2-4-6-22)25-8-7-21(17-23(24)25)19-11-15-30-16-12-19;1-25-12-9-17(10-13-25)21-16-26(30(27,28)19-5-3-2-4-6-19)22-15-18(7-8-20(21)22)23-24-11-14-29-23/h2-6,8,11,14-16H,7,9-10,12-13H2,1H3;2-9,11,17-18H,10,12-16H2,1H3;2-9,11,14-16H,10,12-13H2,1H3. The summed E-state index contributed by atoms with van der Waals surface area (Å²) in [7, 11) is -5.02. The molecule has 16 rings (SSSR count). The van der Waals surface area contributed by atoms with Crippen molar-refractivity contribution in [3.05, 3.63) is 223 Å². The van der Waals surface area contributed by atoms with Crippen LogP contribution in [0, 0.1) is 0 Å². The molecule has 5 aliphatic heterocycles. The first-order valence-electron chi connectivity index (χ1n) is 31.5. The van der Waals surface area contributed by atoms with Gasteiger partial charge in [0.25, 0.3) is 30.1 Å². The molecule has 486 valence electrons. The highest BCUT2D eigenvalue weighted by Gasteiger charge is 2.29. The summed E-state index contributed by atoms with van der Waals surface area (Å²) in [6, 6.07) is 39.7. The highest BCUT2D eigenvalue weighted by molar-refractivity contribution is 7.90. The number of fused-ring (bicyclic) bond motifs is 4. The third-order valence-electron chi connectivity index (χ3n) is 18.0. The van der Waals surface area contributed by atoms with Gasteiger partial charge in [-0.3, -0.25) is 0 Å². The van der Waals surface area contributed by atoms with Crippen LogP contribution < -0.4 is 9.47 Å². The minimum atomic E-state index is -3.89. The Bertz CT molecular complexity index is 5170. The zero-order valence-electron chi connectivity index (χ0n) is 52.7. The highest BCUT2D eigenvalue weighted by atomic mass is 32.2. The van der Waals surface area contributed by atoms with E-state index in [0.717, 1.165) is 137 Å². The van der Waals surface area contributed by atoms with Gasteiger partial charge in [-0.25, -0.2) is 47.1 Å². The van der Waals surface area contributed by atoms with Crippen LogP contribution in [0.1, 0.15) is 47.9 Å². The Kier molecular flexibility index (Phi) is 17.8. The molecular weight excluding hydrogens is 1280 g/mol. The maximum absolute atomic E-state index is 13.8. The molecule has 95 heavy (non-hydrogen) atoms. The third kappa shape index (κ3) is 12.8. The zero-order chi connectivity index (χ0) is 65.4. The van der Waals surface area contributed by atoms with E-state index in [1.54, 1.807) is 96.8 Å². The van der Waals surface area contributed by atoms with E-state index < -0.39 is 30.1 Å². The first kappa shape index (κ1) is 63.4. The van der Waals surface area contributed by atoms with Crippen molar-refractivity contribution in [1.82, 2.24) is 36.6 Å². The maximum Gasteiger partial charge on any atom is 0.268 e. The average molecular weight is 1350 g/mol. The van der Waals surface area contributed by atoms with Gasteiger partial charge < -0.3 is 33.3 Å². The van der Waals surface area contributed by atoms with Crippen LogP contribution in [0.2, 0.25) is 0 Å². The molecule has 18 nitrogen and oxygen atoms in total. The summed E-state index contributed by atoms with van der Waals surface area (Å²) in [6.07, 6.45) is 22.4. The lowest BCUT2D eigenvalue weighted by atomic mass is 9.95. The van der Waals surface area contributed by atoms with Crippen LogP contribution in [-0.2, 0) is 34.8 Å².